The number of thiophene rings is 1. The fourth-order valence-electron chi connectivity index (χ4n) is 3.56. The van der Waals surface area contributed by atoms with Gasteiger partial charge in [-0.1, -0.05) is 12.5 Å². The molecule has 3 rings (SSSR count). The zero-order valence-electron chi connectivity index (χ0n) is 10.9. The highest BCUT2D eigenvalue weighted by atomic mass is 32.1. The van der Waals surface area contributed by atoms with Crippen molar-refractivity contribution in [2.24, 2.45) is 11.8 Å². The van der Waals surface area contributed by atoms with Gasteiger partial charge in [0.1, 0.15) is 0 Å². The van der Waals surface area contributed by atoms with Crippen molar-refractivity contribution in [1.29, 1.82) is 0 Å². The van der Waals surface area contributed by atoms with Gasteiger partial charge < -0.3 is 10.0 Å². The molecule has 1 aromatic rings. The molecule has 0 aromatic carbocycles. The van der Waals surface area contributed by atoms with Gasteiger partial charge >= 0.3 is 0 Å². The van der Waals surface area contributed by atoms with Crippen molar-refractivity contribution in [3.63, 3.8) is 0 Å². The van der Waals surface area contributed by atoms with Crippen molar-refractivity contribution >= 4 is 11.3 Å². The summed E-state index contributed by atoms with van der Waals surface area (Å²) in [5.41, 5.74) is 0. The van der Waals surface area contributed by atoms with Crippen LogP contribution in [0.2, 0.25) is 0 Å². The average molecular weight is 265 g/mol. The summed E-state index contributed by atoms with van der Waals surface area (Å²) in [7, 11) is 0. The van der Waals surface area contributed by atoms with Crippen LogP contribution in [-0.2, 0) is 0 Å². The van der Waals surface area contributed by atoms with Gasteiger partial charge in [-0.2, -0.15) is 0 Å². The lowest BCUT2D eigenvalue weighted by molar-refractivity contribution is 0.139. The molecule has 2 aliphatic rings. The van der Waals surface area contributed by atoms with Gasteiger partial charge in [0, 0.05) is 18.0 Å². The smallest absolute Gasteiger partial charge is 0.0894 e. The Labute approximate surface area is 114 Å². The predicted octanol–water partition coefficient (Wildman–Crippen LogP) is 3.29. The molecule has 18 heavy (non-hydrogen) atoms. The largest absolute Gasteiger partial charge is 0.388 e. The lowest BCUT2D eigenvalue weighted by Gasteiger charge is -2.25. The van der Waals surface area contributed by atoms with Gasteiger partial charge in [-0.05, 0) is 55.5 Å². The van der Waals surface area contributed by atoms with Gasteiger partial charge in [-0.25, -0.2) is 0 Å². The van der Waals surface area contributed by atoms with Crippen LogP contribution in [0.5, 0.6) is 0 Å². The van der Waals surface area contributed by atoms with Gasteiger partial charge in [0.05, 0.1) is 6.10 Å². The first kappa shape index (κ1) is 12.6. The van der Waals surface area contributed by atoms with E-state index in [2.05, 4.69) is 4.90 Å². The van der Waals surface area contributed by atoms with E-state index in [1.807, 2.05) is 17.5 Å². The fourth-order valence-corrected chi connectivity index (χ4v) is 4.31. The highest BCUT2D eigenvalue weighted by molar-refractivity contribution is 7.10. The Morgan fingerprint density at radius 2 is 2.22 bits per heavy atom. The Hall–Kier alpha value is -0.380. The van der Waals surface area contributed by atoms with E-state index in [0.29, 0.717) is 0 Å². The minimum absolute atomic E-state index is 0.259. The van der Waals surface area contributed by atoms with Crippen LogP contribution in [0.3, 0.4) is 0 Å². The number of likely N-dealkylation sites (tertiary alicyclic amines) is 1. The molecule has 0 radical (unpaired) electrons. The van der Waals surface area contributed by atoms with Crippen LogP contribution < -0.4 is 0 Å². The van der Waals surface area contributed by atoms with Crippen molar-refractivity contribution in [3.05, 3.63) is 22.4 Å². The van der Waals surface area contributed by atoms with Gasteiger partial charge in [-0.15, -0.1) is 11.3 Å². The minimum atomic E-state index is -0.259. The topological polar surface area (TPSA) is 23.5 Å². The Kier molecular flexibility index (Phi) is 4.02. The number of nitrogens with zero attached hydrogens (tertiary/aromatic N) is 1. The summed E-state index contributed by atoms with van der Waals surface area (Å²) in [6, 6.07) is 4.06. The molecular formula is C15H23NOS. The first-order valence-corrected chi connectivity index (χ1v) is 8.13. The third kappa shape index (κ3) is 2.95. The molecule has 1 N–H and O–H groups in total. The Morgan fingerprint density at radius 3 is 3.06 bits per heavy atom. The lowest BCUT2D eigenvalue weighted by Crippen LogP contribution is -2.30. The zero-order chi connectivity index (χ0) is 12.4. The van der Waals surface area contributed by atoms with E-state index in [1.54, 1.807) is 11.3 Å². The second kappa shape index (κ2) is 5.72. The van der Waals surface area contributed by atoms with E-state index >= 15 is 0 Å². The zero-order valence-corrected chi connectivity index (χ0v) is 11.7. The summed E-state index contributed by atoms with van der Waals surface area (Å²) in [5.74, 6) is 1.94. The van der Waals surface area contributed by atoms with Crippen LogP contribution in [-0.4, -0.2) is 29.6 Å². The van der Waals surface area contributed by atoms with Crippen LogP contribution in [0, 0.1) is 11.8 Å². The maximum atomic E-state index is 10.1. The number of fused-ring (bicyclic) bond motifs is 2. The summed E-state index contributed by atoms with van der Waals surface area (Å²) in [6.07, 6.45) is 6.38. The third-order valence-corrected chi connectivity index (χ3v) is 5.58. The predicted molar refractivity (Wildman–Crippen MR) is 75.8 cm³/mol. The van der Waals surface area contributed by atoms with E-state index < -0.39 is 0 Å². The molecule has 1 aliphatic heterocycles. The van der Waals surface area contributed by atoms with Crippen molar-refractivity contribution in [2.45, 2.75) is 38.2 Å². The van der Waals surface area contributed by atoms with Crippen LogP contribution >= 0.6 is 11.3 Å². The molecule has 2 fully saturated rings. The monoisotopic (exact) mass is 265 g/mol. The quantitative estimate of drug-likeness (QED) is 0.903. The Bertz CT molecular complexity index is 365. The fraction of sp³-hybridized carbons (Fsp3) is 0.733. The van der Waals surface area contributed by atoms with Gasteiger partial charge in [0.15, 0.2) is 0 Å². The molecule has 0 amide bonds. The summed E-state index contributed by atoms with van der Waals surface area (Å²) in [5, 5.41) is 12.2. The van der Waals surface area contributed by atoms with E-state index in [0.717, 1.165) is 29.7 Å². The highest BCUT2D eigenvalue weighted by Gasteiger charge is 2.29. The lowest BCUT2D eigenvalue weighted by atomic mass is 10.0. The molecule has 1 aromatic heterocycles. The second-order valence-corrected chi connectivity index (χ2v) is 6.93. The maximum Gasteiger partial charge on any atom is 0.0894 e. The molecule has 3 unspecified atom stereocenters. The standard InChI is InChI=1S/C15H23NOS/c17-14(15-2-1-9-18-15)6-8-16-7-5-12-3-4-13(10-12)11-16/h1-2,9,12-14,17H,3-8,10-11H2. The van der Waals surface area contributed by atoms with Crippen LogP contribution in [0.4, 0.5) is 0 Å². The van der Waals surface area contributed by atoms with Crippen molar-refractivity contribution < 1.29 is 5.11 Å². The Balaban J connectivity index is 1.48. The Morgan fingerprint density at radius 1 is 1.33 bits per heavy atom. The first-order chi connectivity index (χ1) is 8.81. The molecule has 1 saturated heterocycles. The minimum Gasteiger partial charge on any atom is -0.388 e. The summed E-state index contributed by atoms with van der Waals surface area (Å²) < 4.78 is 0. The molecular weight excluding hydrogens is 242 g/mol. The van der Waals surface area contributed by atoms with Gasteiger partial charge in [-0.3, -0.25) is 0 Å². The number of aliphatic hydroxyl groups excluding tert-OH is 1. The van der Waals surface area contributed by atoms with Crippen molar-refractivity contribution in [1.82, 2.24) is 4.90 Å². The average Bonchev–Trinajstić information content (AvgIpc) is 2.97. The molecule has 1 aliphatic carbocycles. The molecule has 0 spiro atoms. The van der Waals surface area contributed by atoms with Crippen molar-refractivity contribution in [3.8, 4) is 0 Å². The van der Waals surface area contributed by atoms with E-state index in [1.165, 1.54) is 38.8 Å². The van der Waals surface area contributed by atoms with E-state index in [-0.39, 0.29) is 6.10 Å². The summed E-state index contributed by atoms with van der Waals surface area (Å²) in [6.45, 7) is 3.58. The number of hydrogen-bond donors (Lipinski definition) is 1. The molecule has 2 bridgehead atoms. The maximum absolute atomic E-state index is 10.1. The molecule has 2 nitrogen and oxygen atoms in total. The molecule has 3 atom stereocenters. The highest BCUT2D eigenvalue weighted by Crippen LogP contribution is 2.36. The van der Waals surface area contributed by atoms with Gasteiger partial charge in [0.2, 0.25) is 0 Å². The van der Waals surface area contributed by atoms with E-state index in [4.69, 9.17) is 0 Å². The van der Waals surface area contributed by atoms with Crippen LogP contribution in [0.25, 0.3) is 0 Å². The molecule has 1 saturated carbocycles. The summed E-state index contributed by atoms with van der Waals surface area (Å²) >= 11 is 1.67. The normalized spacial score (nSPS) is 30.3. The van der Waals surface area contributed by atoms with E-state index in [9.17, 15) is 5.11 Å². The third-order valence-electron chi connectivity index (χ3n) is 4.61. The second-order valence-electron chi connectivity index (χ2n) is 5.95. The molecule has 3 heteroatoms. The molecule has 2 heterocycles. The van der Waals surface area contributed by atoms with Crippen molar-refractivity contribution in [2.75, 3.05) is 19.6 Å². The summed E-state index contributed by atoms with van der Waals surface area (Å²) in [4.78, 5) is 3.70. The van der Waals surface area contributed by atoms with Crippen LogP contribution in [0.15, 0.2) is 17.5 Å². The number of rotatable bonds is 4. The van der Waals surface area contributed by atoms with Crippen LogP contribution in [0.1, 0.15) is 43.1 Å². The number of hydrogen-bond acceptors (Lipinski definition) is 3. The first-order valence-electron chi connectivity index (χ1n) is 7.25. The molecule has 100 valence electrons. The number of aliphatic hydroxyl groups is 1. The van der Waals surface area contributed by atoms with Gasteiger partial charge in [0.25, 0.3) is 0 Å². The SMILES string of the molecule is OC(CCN1CCC2CCC(C2)C1)c1cccs1.